The molecule has 0 aliphatic carbocycles. The van der Waals surface area contributed by atoms with Gasteiger partial charge in [0.05, 0.1) is 17.0 Å². The van der Waals surface area contributed by atoms with E-state index < -0.39 is 0 Å². The molecule has 2 aromatic carbocycles. The van der Waals surface area contributed by atoms with Crippen LogP contribution in [0.4, 0.5) is 5.69 Å². The van der Waals surface area contributed by atoms with Crippen molar-refractivity contribution in [2.45, 2.75) is 38.8 Å². The molecule has 32 heavy (non-hydrogen) atoms. The third-order valence-electron chi connectivity index (χ3n) is 5.25. The number of nitrogens with zero attached hydrogens (tertiary/aromatic N) is 2. The summed E-state index contributed by atoms with van der Waals surface area (Å²) in [7, 11) is 0. The van der Waals surface area contributed by atoms with Crippen molar-refractivity contribution in [1.82, 2.24) is 9.55 Å². The second-order valence-corrected chi connectivity index (χ2v) is 9.93. The van der Waals surface area contributed by atoms with Gasteiger partial charge in [-0.15, -0.1) is 11.3 Å². The number of rotatable bonds is 6. The summed E-state index contributed by atoms with van der Waals surface area (Å²) in [5.41, 5.74) is 5.37. The molecule has 2 heterocycles. The highest BCUT2D eigenvalue weighted by molar-refractivity contribution is 7.99. The molecule has 0 atom stereocenters. The summed E-state index contributed by atoms with van der Waals surface area (Å²) in [5.74, 6) is 0.452. The number of anilines is 1. The van der Waals surface area contributed by atoms with Crippen LogP contribution in [-0.2, 0) is 4.79 Å². The van der Waals surface area contributed by atoms with Crippen LogP contribution >= 0.6 is 23.1 Å². The van der Waals surface area contributed by atoms with E-state index in [0.29, 0.717) is 21.3 Å². The first-order valence-electron chi connectivity index (χ1n) is 10.4. The van der Waals surface area contributed by atoms with Gasteiger partial charge in [0.15, 0.2) is 5.16 Å². The summed E-state index contributed by atoms with van der Waals surface area (Å²) < 4.78 is 2.25. The van der Waals surface area contributed by atoms with Crippen molar-refractivity contribution >= 4 is 44.9 Å². The number of carbonyl (C=O) groups excluding carboxylic acids is 1. The minimum atomic E-state index is -0.139. The van der Waals surface area contributed by atoms with Crippen LogP contribution in [-0.4, -0.2) is 21.2 Å². The van der Waals surface area contributed by atoms with E-state index in [0.717, 1.165) is 22.5 Å². The number of carbonyl (C=O) groups is 1. The fourth-order valence-corrected chi connectivity index (χ4v) is 5.01. The van der Waals surface area contributed by atoms with Crippen molar-refractivity contribution in [3.63, 3.8) is 0 Å². The lowest BCUT2D eigenvalue weighted by Gasteiger charge is -2.15. The van der Waals surface area contributed by atoms with Crippen molar-refractivity contribution < 1.29 is 4.79 Å². The highest BCUT2D eigenvalue weighted by Crippen LogP contribution is 2.26. The van der Waals surface area contributed by atoms with Crippen molar-refractivity contribution in [1.29, 1.82) is 0 Å². The van der Waals surface area contributed by atoms with Crippen LogP contribution < -0.4 is 10.9 Å². The van der Waals surface area contributed by atoms with Crippen LogP contribution in [0.1, 0.15) is 36.5 Å². The number of aromatic nitrogens is 2. The number of benzene rings is 2. The second kappa shape index (κ2) is 9.30. The predicted octanol–water partition coefficient (Wildman–Crippen LogP) is 5.92. The molecule has 0 saturated carbocycles. The maximum Gasteiger partial charge on any atom is 0.276 e. The minimum absolute atomic E-state index is 0.106. The molecule has 7 heteroatoms. The van der Waals surface area contributed by atoms with Crippen molar-refractivity contribution in [3.05, 3.63) is 81.0 Å². The molecule has 4 aromatic rings. The zero-order valence-corrected chi connectivity index (χ0v) is 20.1. The Bertz CT molecular complexity index is 1340. The van der Waals surface area contributed by atoms with Crippen LogP contribution in [0.5, 0.6) is 0 Å². The first-order chi connectivity index (χ1) is 15.3. The zero-order valence-electron chi connectivity index (χ0n) is 18.5. The lowest BCUT2D eigenvalue weighted by atomic mass is 10.0. The lowest BCUT2D eigenvalue weighted by Crippen LogP contribution is -2.23. The van der Waals surface area contributed by atoms with E-state index in [4.69, 9.17) is 4.98 Å². The van der Waals surface area contributed by atoms with Gasteiger partial charge in [-0.05, 0) is 66.1 Å². The number of thiophene rings is 1. The van der Waals surface area contributed by atoms with Gasteiger partial charge >= 0.3 is 0 Å². The maximum absolute atomic E-state index is 13.3. The van der Waals surface area contributed by atoms with Gasteiger partial charge in [-0.3, -0.25) is 14.2 Å². The molecule has 0 fully saturated rings. The molecule has 0 unspecified atom stereocenters. The molecule has 164 valence electrons. The quantitative estimate of drug-likeness (QED) is 0.285. The number of hydrogen-bond acceptors (Lipinski definition) is 5. The van der Waals surface area contributed by atoms with Gasteiger partial charge in [0, 0.05) is 5.69 Å². The number of amides is 1. The second-order valence-electron chi connectivity index (χ2n) is 8.07. The summed E-state index contributed by atoms with van der Waals surface area (Å²) in [5, 5.41) is 5.32. The Morgan fingerprint density at radius 1 is 1.12 bits per heavy atom. The summed E-state index contributed by atoms with van der Waals surface area (Å²) in [6.45, 7) is 8.24. The topological polar surface area (TPSA) is 64.0 Å². The van der Waals surface area contributed by atoms with Crippen molar-refractivity contribution in [2.75, 3.05) is 11.1 Å². The standard InChI is InChI=1S/C25H25N3O2S2/c1-15(2)18-7-9-19(10-8-18)26-22(29)14-32-25-27-20-11-12-31-23(20)24(30)28(25)21-13-16(3)5-6-17(21)4/h5-13,15H,14H2,1-4H3,(H,26,29). The van der Waals surface area contributed by atoms with Gasteiger partial charge in [-0.2, -0.15) is 0 Å². The Hall–Kier alpha value is -2.90. The normalized spacial score (nSPS) is 11.3. The molecular weight excluding hydrogens is 438 g/mol. The van der Waals surface area contributed by atoms with Crippen molar-refractivity contribution in [3.8, 4) is 5.69 Å². The first-order valence-corrected chi connectivity index (χ1v) is 12.3. The molecule has 5 nitrogen and oxygen atoms in total. The average molecular weight is 464 g/mol. The van der Waals surface area contributed by atoms with E-state index in [-0.39, 0.29) is 17.2 Å². The van der Waals surface area contributed by atoms with E-state index in [2.05, 4.69) is 19.2 Å². The molecule has 1 N–H and O–H groups in total. The number of nitrogens with one attached hydrogen (secondary N) is 1. The summed E-state index contributed by atoms with van der Waals surface area (Å²) in [6, 6.07) is 15.7. The smallest absolute Gasteiger partial charge is 0.276 e. The van der Waals surface area contributed by atoms with Gasteiger partial charge in [-0.1, -0.05) is 49.9 Å². The van der Waals surface area contributed by atoms with E-state index in [1.807, 2.05) is 67.8 Å². The minimum Gasteiger partial charge on any atom is -0.325 e. The number of hydrogen-bond donors (Lipinski definition) is 1. The van der Waals surface area contributed by atoms with Crippen LogP contribution in [0.2, 0.25) is 0 Å². The van der Waals surface area contributed by atoms with E-state index >= 15 is 0 Å². The molecule has 4 rings (SSSR count). The molecule has 0 bridgehead atoms. The zero-order chi connectivity index (χ0) is 22.8. The van der Waals surface area contributed by atoms with Gasteiger partial charge in [0.25, 0.3) is 5.56 Å². The van der Waals surface area contributed by atoms with Crippen LogP contribution in [0.15, 0.2) is 63.9 Å². The molecule has 0 aliphatic rings. The predicted molar refractivity (Wildman–Crippen MR) is 135 cm³/mol. The highest BCUT2D eigenvalue weighted by Gasteiger charge is 2.17. The van der Waals surface area contributed by atoms with Gasteiger partial charge in [-0.25, -0.2) is 4.98 Å². The fraction of sp³-hybridized carbons (Fsp3) is 0.240. The third kappa shape index (κ3) is 4.64. The van der Waals surface area contributed by atoms with Crippen LogP contribution in [0.3, 0.4) is 0 Å². The Morgan fingerprint density at radius 3 is 2.59 bits per heavy atom. The maximum atomic E-state index is 13.3. The summed E-state index contributed by atoms with van der Waals surface area (Å²) in [6.07, 6.45) is 0. The largest absolute Gasteiger partial charge is 0.325 e. The fourth-order valence-electron chi connectivity index (χ4n) is 3.44. The average Bonchev–Trinajstić information content (AvgIpc) is 3.24. The first kappa shape index (κ1) is 22.3. The van der Waals surface area contributed by atoms with Gasteiger partial charge in [0.2, 0.25) is 5.91 Å². The number of thioether (sulfide) groups is 1. The Balaban J connectivity index is 1.62. The summed E-state index contributed by atoms with van der Waals surface area (Å²) >= 11 is 2.66. The number of fused-ring (bicyclic) bond motifs is 1. The molecule has 0 spiro atoms. The molecule has 1 amide bonds. The molecule has 0 saturated heterocycles. The van der Waals surface area contributed by atoms with Crippen LogP contribution in [0, 0.1) is 13.8 Å². The Labute approximate surface area is 195 Å². The van der Waals surface area contributed by atoms with E-state index in [1.54, 1.807) is 4.57 Å². The molecule has 0 radical (unpaired) electrons. The Morgan fingerprint density at radius 2 is 1.88 bits per heavy atom. The van der Waals surface area contributed by atoms with Crippen LogP contribution in [0.25, 0.3) is 15.9 Å². The van der Waals surface area contributed by atoms with Gasteiger partial charge < -0.3 is 5.32 Å². The summed E-state index contributed by atoms with van der Waals surface area (Å²) in [4.78, 5) is 30.7. The van der Waals surface area contributed by atoms with E-state index in [9.17, 15) is 9.59 Å². The Kier molecular flexibility index (Phi) is 6.48. The van der Waals surface area contributed by atoms with Crippen molar-refractivity contribution in [2.24, 2.45) is 0 Å². The SMILES string of the molecule is Cc1ccc(C)c(-n2c(SCC(=O)Nc3ccc(C(C)C)cc3)nc3ccsc3c2=O)c1. The molecule has 0 aliphatic heterocycles. The lowest BCUT2D eigenvalue weighted by molar-refractivity contribution is -0.113. The molecule has 2 aromatic heterocycles. The molecular formula is C25H25N3O2S2. The highest BCUT2D eigenvalue weighted by atomic mass is 32.2. The van der Waals surface area contributed by atoms with E-state index in [1.165, 1.54) is 28.7 Å². The number of aryl methyl sites for hydroxylation is 2. The third-order valence-corrected chi connectivity index (χ3v) is 7.08. The van der Waals surface area contributed by atoms with Gasteiger partial charge in [0.1, 0.15) is 4.70 Å². The monoisotopic (exact) mass is 463 g/mol.